The summed E-state index contributed by atoms with van der Waals surface area (Å²) in [5.74, 6) is 0.328. The molecule has 2 aliphatic heterocycles. The van der Waals surface area contributed by atoms with Crippen molar-refractivity contribution < 1.29 is 9.53 Å². The Balaban J connectivity index is 1.89. The van der Waals surface area contributed by atoms with Crippen molar-refractivity contribution >= 4 is 5.91 Å². The van der Waals surface area contributed by atoms with Crippen molar-refractivity contribution in [3.63, 3.8) is 0 Å². The van der Waals surface area contributed by atoms with Crippen LogP contribution in [0.5, 0.6) is 0 Å². The first-order valence-corrected chi connectivity index (χ1v) is 8.75. The Morgan fingerprint density at radius 3 is 2.43 bits per heavy atom. The highest BCUT2D eigenvalue weighted by atomic mass is 16.5. The van der Waals surface area contributed by atoms with Crippen molar-refractivity contribution in [2.45, 2.75) is 58.9 Å². The Labute approximate surface area is 129 Å². The molecule has 0 spiro atoms. The third kappa shape index (κ3) is 3.78. The minimum Gasteiger partial charge on any atom is -0.379 e. The summed E-state index contributed by atoms with van der Waals surface area (Å²) in [6.45, 7) is 10.8. The molecule has 1 amide bonds. The molecule has 4 heteroatoms. The van der Waals surface area contributed by atoms with E-state index in [1.165, 1.54) is 12.8 Å². The lowest BCUT2D eigenvalue weighted by molar-refractivity contribution is -0.138. The molecule has 2 atom stereocenters. The first-order valence-electron chi connectivity index (χ1n) is 8.75. The zero-order chi connectivity index (χ0) is 15.3. The zero-order valence-corrected chi connectivity index (χ0v) is 14.0. The first-order chi connectivity index (χ1) is 10.2. The van der Waals surface area contributed by atoms with E-state index in [4.69, 9.17) is 4.74 Å². The highest BCUT2D eigenvalue weighted by molar-refractivity contribution is 5.80. The molecule has 0 aromatic rings. The van der Waals surface area contributed by atoms with Crippen molar-refractivity contribution in [2.24, 2.45) is 11.3 Å². The highest BCUT2D eigenvalue weighted by Crippen LogP contribution is 2.38. The van der Waals surface area contributed by atoms with E-state index < -0.39 is 0 Å². The van der Waals surface area contributed by atoms with Crippen LogP contribution in [0.2, 0.25) is 0 Å². The maximum absolute atomic E-state index is 12.8. The number of piperidine rings is 1. The normalized spacial score (nSPS) is 28.8. The van der Waals surface area contributed by atoms with Crippen molar-refractivity contribution in [1.29, 1.82) is 0 Å². The van der Waals surface area contributed by atoms with Crippen molar-refractivity contribution in [1.82, 2.24) is 10.2 Å². The van der Waals surface area contributed by atoms with Crippen LogP contribution in [-0.4, -0.2) is 49.7 Å². The summed E-state index contributed by atoms with van der Waals surface area (Å²) in [6.07, 6.45) is 5.88. The van der Waals surface area contributed by atoms with Crippen LogP contribution >= 0.6 is 0 Å². The fourth-order valence-corrected chi connectivity index (χ4v) is 3.72. The lowest BCUT2D eigenvalue weighted by Crippen LogP contribution is -2.49. The second-order valence-electron chi connectivity index (χ2n) is 6.74. The molecule has 2 rings (SSSR count). The Kier molecular flexibility index (Phi) is 6.06. The lowest BCUT2D eigenvalue weighted by Gasteiger charge is -2.42. The van der Waals surface area contributed by atoms with Gasteiger partial charge >= 0.3 is 0 Å². The molecular weight excluding hydrogens is 264 g/mol. The summed E-state index contributed by atoms with van der Waals surface area (Å²) in [5.41, 5.74) is 0.475. The van der Waals surface area contributed by atoms with Gasteiger partial charge in [0.2, 0.25) is 5.91 Å². The van der Waals surface area contributed by atoms with E-state index >= 15 is 0 Å². The summed E-state index contributed by atoms with van der Waals surface area (Å²) < 4.78 is 5.55. The van der Waals surface area contributed by atoms with E-state index in [9.17, 15) is 4.79 Å². The van der Waals surface area contributed by atoms with Gasteiger partial charge < -0.3 is 15.0 Å². The molecule has 0 saturated carbocycles. The van der Waals surface area contributed by atoms with Crippen LogP contribution in [0.4, 0.5) is 0 Å². The quantitative estimate of drug-likeness (QED) is 0.818. The molecule has 0 aliphatic carbocycles. The Hall–Kier alpha value is -0.610. The summed E-state index contributed by atoms with van der Waals surface area (Å²) in [5, 5.41) is 3.47. The number of ether oxygens (including phenoxy) is 1. The molecule has 0 aromatic carbocycles. The van der Waals surface area contributed by atoms with Gasteiger partial charge in [0.05, 0.1) is 19.1 Å². The molecule has 2 aliphatic rings. The fourth-order valence-electron chi connectivity index (χ4n) is 3.72. The van der Waals surface area contributed by atoms with Crippen LogP contribution in [0.15, 0.2) is 0 Å². The standard InChI is InChI=1S/C17H32N2O2/c1-4-9-18-15-13-21-12-14(15)16(20)19-10-7-17(5-2,6-3)8-11-19/h14-15,18H,4-13H2,1-3H3. The number of nitrogens with one attached hydrogen (secondary N) is 1. The molecule has 2 fully saturated rings. The third-order valence-electron chi connectivity index (χ3n) is 5.69. The van der Waals surface area contributed by atoms with Crippen molar-refractivity contribution in [3.05, 3.63) is 0 Å². The molecule has 2 heterocycles. The van der Waals surface area contributed by atoms with E-state index in [-0.39, 0.29) is 12.0 Å². The average Bonchev–Trinajstić information content (AvgIpc) is 3.00. The van der Waals surface area contributed by atoms with E-state index in [1.807, 2.05) is 0 Å². The van der Waals surface area contributed by atoms with Gasteiger partial charge in [0, 0.05) is 19.1 Å². The minimum atomic E-state index is 0.0207. The van der Waals surface area contributed by atoms with Gasteiger partial charge in [0.25, 0.3) is 0 Å². The van der Waals surface area contributed by atoms with E-state index in [0.717, 1.165) is 38.9 Å². The molecule has 1 N–H and O–H groups in total. The van der Waals surface area contributed by atoms with E-state index in [2.05, 4.69) is 31.0 Å². The molecule has 2 saturated heterocycles. The predicted molar refractivity (Wildman–Crippen MR) is 85.2 cm³/mol. The summed E-state index contributed by atoms with van der Waals surface area (Å²) in [4.78, 5) is 14.9. The topological polar surface area (TPSA) is 41.6 Å². The maximum atomic E-state index is 12.8. The van der Waals surface area contributed by atoms with Crippen molar-refractivity contribution in [3.8, 4) is 0 Å². The van der Waals surface area contributed by atoms with Crippen LogP contribution in [-0.2, 0) is 9.53 Å². The van der Waals surface area contributed by atoms with E-state index in [1.54, 1.807) is 0 Å². The number of hydrogen-bond donors (Lipinski definition) is 1. The molecular formula is C17H32N2O2. The highest BCUT2D eigenvalue weighted by Gasteiger charge is 2.39. The monoisotopic (exact) mass is 296 g/mol. The predicted octanol–water partition coefficient (Wildman–Crippen LogP) is 2.43. The summed E-state index contributed by atoms with van der Waals surface area (Å²) in [6, 6.07) is 0.210. The Morgan fingerprint density at radius 2 is 1.86 bits per heavy atom. The summed E-state index contributed by atoms with van der Waals surface area (Å²) in [7, 11) is 0. The second-order valence-corrected chi connectivity index (χ2v) is 6.74. The van der Waals surface area contributed by atoms with Gasteiger partial charge in [-0.15, -0.1) is 0 Å². The molecule has 4 nitrogen and oxygen atoms in total. The first kappa shape index (κ1) is 16.8. The number of hydrogen-bond acceptors (Lipinski definition) is 3. The van der Waals surface area contributed by atoms with Gasteiger partial charge in [-0.05, 0) is 31.2 Å². The largest absolute Gasteiger partial charge is 0.379 e. The van der Waals surface area contributed by atoms with Gasteiger partial charge in [-0.2, -0.15) is 0 Å². The molecule has 0 radical (unpaired) electrons. The second kappa shape index (κ2) is 7.59. The summed E-state index contributed by atoms with van der Waals surface area (Å²) >= 11 is 0. The van der Waals surface area contributed by atoms with Crippen molar-refractivity contribution in [2.75, 3.05) is 32.8 Å². The number of likely N-dealkylation sites (tertiary alicyclic amines) is 1. The van der Waals surface area contributed by atoms with Gasteiger partial charge in [-0.3, -0.25) is 4.79 Å². The molecule has 21 heavy (non-hydrogen) atoms. The lowest BCUT2D eigenvalue weighted by atomic mass is 9.74. The smallest absolute Gasteiger partial charge is 0.229 e. The van der Waals surface area contributed by atoms with E-state index in [0.29, 0.717) is 24.5 Å². The number of amides is 1. The Bertz CT molecular complexity index is 332. The van der Waals surface area contributed by atoms with Gasteiger partial charge in [0.15, 0.2) is 0 Å². The minimum absolute atomic E-state index is 0.0207. The molecule has 122 valence electrons. The van der Waals surface area contributed by atoms with Crippen LogP contribution in [0, 0.1) is 11.3 Å². The Morgan fingerprint density at radius 1 is 1.19 bits per heavy atom. The van der Waals surface area contributed by atoms with Gasteiger partial charge in [-0.25, -0.2) is 0 Å². The van der Waals surface area contributed by atoms with Gasteiger partial charge in [0.1, 0.15) is 0 Å². The zero-order valence-electron chi connectivity index (χ0n) is 14.0. The van der Waals surface area contributed by atoms with Crippen LogP contribution in [0.1, 0.15) is 52.9 Å². The number of carbonyl (C=O) groups is 1. The molecule has 0 bridgehead atoms. The van der Waals surface area contributed by atoms with Crippen LogP contribution in [0.25, 0.3) is 0 Å². The number of carbonyl (C=O) groups excluding carboxylic acids is 1. The maximum Gasteiger partial charge on any atom is 0.229 e. The average molecular weight is 296 g/mol. The third-order valence-corrected chi connectivity index (χ3v) is 5.69. The number of rotatable bonds is 6. The van der Waals surface area contributed by atoms with Gasteiger partial charge in [-0.1, -0.05) is 33.6 Å². The SMILES string of the molecule is CCCNC1COCC1C(=O)N1CCC(CC)(CC)CC1. The number of nitrogens with zero attached hydrogens (tertiary/aromatic N) is 1. The fraction of sp³-hybridized carbons (Fsp3) is 0.941. The molecule has 2 unspecified atom stereocenters. The van der Waals surface area contributed by atoms with Crippen LogP contribution in [0.3, 0.4) is 0 Å². The van der Waals surface area contributed by atoms with Crippen LogP contribution < -0.4 is 5.32 Å². The molecule has 0 aromatic heterocycles.